The lowest BCUT2D eigenvalue weighted by molar-refractivity contribution is 0.00764. The Hall–Kier alpha value is -1.40. The van der Waals surface area contributed by atoms with Crippen LogP contribution in [0.25, 0.3) is 10.4 Å². The normalized spacial score (nSPS) is 11.5. The number of hydrogen-bond acceptors (Lipinski definition) is 4. The first-order valence-corrected chi connectivity index (χ1v) is 7.86. The molecule has 2 aromatic rings. The van der Waals surface area contributed by atoms with Crippen molar-refractivity contribution in [3.8, 4) is 10.4 Å². The van der Waals surface area contributed by atoms with E-state index in [-0.39, 0.29) is 5.82 Å². The Labute approximate surface area is 135 Å². The van der Waals surface area contributed by atoms with E-state index in [4.69, 9.17) is 10.5 Å². The summed E-state index contributed by atoms with van der Waals surface area (Å²) in [5.74, 6) is -0.866. The Morgan fingerprint density at radius 1 is 1.33 bits per heavy atom. The fourth-order valence-electron chi connectivity index (χ4n) is 1.71. The number of benzene rings is 1. The standard InChI is InChI=1S/C15H15BrFNO2S/c1-15(2,3)20-14(19)13-11(18)7-12(21-13)9-5-4-8(16)6-10(9)17/h4-7H,18H2,1-3H3. The van der Waals surface area contributed by atoms with Gasteiger partial charge in [-0.1, -0.05) is 15.9 Å². The van der Waals surface area contributed by atoms with E-state index < -0.39 is 11.6 Å². The molecule has 0 atom stereocenters. The quantitative estimate of drug-likeness (QED) is 0.767. The average molecular weight is 372 g/mol. The second-order valence-electron chi connectivity index (χ2n) is 5.52. The number of rotatable bonds is 2. The molecular formula is C15H15BrFNO2S. The SMILES string of the molecule is CC(C)(C)OC(=O)c1sc(-c2ccc(Br)cc2F)cc1N. The van der Waals surface area contributed by atoms with Crippen molar-refractivity contribution in [1.82, 2.24) is 0 Å². The van der Waals surface area contributed by atoms with Crippen LogP contribution in [0.5, 0.6) is 0 Å². The van der Waals surface area contributed by atoms with Gasteiger partial charge in [0.2, 0.25) is 0 Å². The second-order valence-corrected chi connectivity index (χ2v) is 7.49. The van der Waals surface area contributed by atoms with E-state index in [1.807, 2.05) is 0 Å². The van der Waals surface area contributed by atoms with E-state index in [2.05, 4.69) is 15.9 Å². The van der Waals surface area contributed by atoms with Gasteiger partial charge in [-0.3, -0.25) is 0 Å². The highest BCUT2D eigenvalue weighted by atomic mass is 79.9. The Morgan fingerprint density at radius 3 is 2.57 bits per heavy atom. The van der Waals surface area contributed by atoms with Gasteiger partial charge in [0.15, 0.2) is 0 Å². The molecule has 2 rings (SSSR count). The lowest BCUT2D eigenvalue weighted by Crippen LogP contribution is -2.23. The maximum Gasteiger partial charge on any atom is 0.350 e. The lowest BCUT2D eigenvalue weighted by atomic mass is 10.1. The fourth-order valence-corrected chi connectivity index (χ4v) is 3.03. The highest BCUT2D eigenvalue weighted by Crippen LogP contribution is 2.36. The van der Waals surface area contributed by atoms with Crippen molar-refractivity contribution in [2.75, 3.05) is 5.73 Å². The summed E-state index contributed by atoms with van der Waals surface area (Å²) in [6.07, 6.45) is 0. The summed E-state index contributed by atoms with van der Waals surface area (Å²) in [4.78, 5) is 13.0. The number of anilines is 1. The molecule has 0 saturated carbocycles. The molecule has 6 heteroatoms. The summed E-state index contributed by atoms with van der Waals surface area (Å²) in [5.41, 5.74) is 5.96. The molecule has 0 aliphatic heterocycles. The number of esters is 1. The molecule has 0 spiro atoms. The Bertz CT molecular complexity index is 691. The van der Waals surface area contributed by atoms with Crippen LogP contribution in [0.1, 0.15) is 30.4 Å². The molecule has 0 saturated heterocycles. The first kappa shape index (κ1) is 16.0. The summed E-state index contributed by atoms with van der Waals surface area (Å²) in [6, 6.07) is 6.35. The van der Waals surface area contributed by atoms with Crippen LogP contribution in [0, 0.1) is 5.82 Å². The third-order valence-electron chi connectivity index (χ3n) is 2.54. The van der Waals surface area contributed by atoms with Gasteiger partial charge in [0.1, 0.15) is 16.3 Å². The van der Waals surface area contributed by atoms with Crippen molar-refractivity contribution < 1.29 is 13.9 Å². The smallest absolute Gasteiger partial charge is 0.350 e. The number of nitrogens with two attached hydrogens (primary N) is 1. The number of ether oxygens (including phenoxy) is 1. The molecule has 0 amide bonds. The molecule has 1 heterocycles. The van der Waals surface area contributed by atoms with Crippen LogP contribution >= 0.6 is 27.3 Å². The number of nitrogen functional groups attached to an aromatic ring is 1. The molecule has 2 N–H and O–H groups in total. The third kappa shape index (κ3) is 3.83. The average Bonchev–Trinajstić information content (AvgIpc) is 2.68. The van der Waals surface area contributed by atoms with Crippen LogP contribution in [-0.4, -0.2) is 11.6 Å². The van der Waals surface area contributed by atoms with Crippen LogP contribution in [-0.2, 0) is 4.74 Å². The molecule has 0 aliphatic rings. The highest BCUT2D eigenvalue weighted by molar-refractivity contribution is 9.10. The van der Waals surface area contributed by atoms with Crippen molar-refractivity contribution in [3.63, 3.8) is 0 Å². The molecule has 21 heavy (non-hydrogen) atoms. The minimum Gasteiger partial charge on any atom is -0.456 e. The Morgan fingerprint density at radius 2 is 2.00 bits per heavy atom. The predicted molar refractivity (Wildman–Crippen MR) is 87.0 cm³/mol. The minimum absolute atomic E-state index is 0.294. The molecule has 112 valence electrons. The summed E-state index contributed by atoms with van der Waals surface area (Å²) >= 11 is 4.34. The van der Waals surface area contributed by atoms with Gasteiger partial charge >= 0.3 is 5.97 Å². The molecule has 3 nitrogen and oxygen atoms in total. The van der Waals surface area contributed by atoms with Crippen LogP contribution in [0.3, 0.4) is 0 Å². The largest absolute Gasteiger partial charge is 0.456 e. The zero-order valence-electron chi connectivity index (χ0n) is 11.9. The number of thiophene rings is 1. The van der Waals surface area contributed by atoms with Crippen molar-refractivity contribution in [2.45, 2.75) is 26.4 Å². The molecule has 0 aliphatic carbocycles. The van der Waals surface area contributed by atoms with Crippen LogP contribution in [0.4, 0.5) is 10.1 Å². The Kier molecular flexibility index (Phi) is 4.39. The van der Waals surface area contributed by atoms with Gasteiger partial charge < -0.3 is 10.5 Å². The summed E-state index contributed by atoms with van der Waals surface area (Å²) in [6.45, 7) is 5.35. The zero-order chi connectivity index (χ0) is 15.8. The van der Waals surface area contributed by atoms with E-state index in [1.54, 1.807) is 39.0 Å². The van der Waals surface area contributed by atoms with Crippen molar-refractivity contribution in [3.05, 3.63) is 39.4 Å². The molecule has 0 bridgehead atoms. The van der Waals surface area contributed by atoms with Gasteiger partial charge in [-0.25, -0.2) is 9.18 Å². The Balaban J connectivity index is 2.37. The van der Waals surface area contributed by atoms with Crippen molar-refractivity contribution in [2.24, 2.45) is 0 Å². The molecule has 0 radical (unpaired) electrons. The minimum atomic E-state index is -0.601. The summed E-state index contributed by atoms with van der Waals surface area (Å²) < 4.78 is 19.9. The van der Waals surface area contributed by atoms with Crippen LogP contribution in [0.15, 0.2) is 28.7 Å². The first-order valence-electron chi connectivity index (χ1n) is 6.25. The summed E-state index contributed by atoms with van der Waals surface area (Å²) in [5, 5.41) is 0. The second kappa shape index (κ2) is 5.77. The summed E-state index contributed by atoms with van der Waals surface area (Å²) in [7, 11) is 0. The molecular weight excluding hydrogens is 357 g/mol. The maximum absolute atomic E-state index is 14.0. The van der Waals surface area contributed by atoms with Gasteiger partial charge in [-0.05, 0) is 45.0 Å². The number of halogens is 2. The van der Waals surface area contributed by atoms with E-state index in [9.17, 15) is 9.18 Å². The molecule has 0 unspecified atom stereocenters. The number of hydrogen-bond donors (Lipinski definition) is 1. The van der Waals surface area contributed by atoms with Crippen LogP contribution in [0.2, 0.25) is 0 Å². The van der Waals surface area contributed by atoms with Gasteiger partial charge in [0.25, 0.3) is 0 Å². The molecule has 1 aromatic carbocycles. The van der Waals surface area contributed by atoms with E-state index in [1.165, 1.54) is 6.07 Å². The van der Waals surface area contributed by atoms with E-state index in [0.29, 0.717) is 25.5 Å². The fraction of sp³-hybridized carbons (Fsp3) is 0.267. The topological polar surface area (TPSA) is 52.3 Å². The van der Waals surface area contributed by atoms with Crippen LogP contribution < -0.4 is 5.73 Å². The first-order chi connectivity index (χ1) is 9.67. The van der Waals surface area contributed by atoms with Gasteiger partial charge in [0.05, 0.1) is 5.69 Å². The van der Waals surface area contributed by atoms with Crippen molar-refractivity contribution >= 4 is 38.9 Å². The maximum atomic E-state index is 14.0. The number of carbonyl (C=O) groups excluding carboxylic acids is 1. The van der Waals surface area contributed by atoms with Gasteiger partial charge in [-0.15, -0.1) is 11.3 Å². The van der Waals surface area contributed by atoms with Crippen molar-refractivity contribution in [1.29, 1.82) is 0 Å². The monoisotopic (exact) mass is 371 g/mol. The highest BCUT2D eigenvalue weighted by Gasteiger charge is 2.23. The predicted octanol–water partition coefficient (Wildman–Crippen LogP) is 4.85. The molecule has 1 aromatic heterocycles. The van der Waals surface area contributed by atoms with Gasteiger partial charge in [0, 0.05) is 14.9 Å². The number of carbonyl (C=O) groups is 1. The van der Waals surface area contributed by atoms with E-state index in [0.717, 1.165) is 11.3 Å². The van der Waals surface area contributed by atoms with E-state index >= 15 is 0 Å². The van der Waals surface area contributed by atoms with Gasteiger partial charge in [-0.2, -0.15) is 0 Å². The lowest BCUT2D eigenvalue weighted by Gasteiger charge is -2.18. The zero-order valence-corrected chi connectivity index (χ0v) is 14.3. The third-order valence-corrected chi connectivity index (χ3v) is 4.20. The molecule has 0 fully saturated rings.